The predicted octanol–water partition coefficient (Wildman–Crippen LogP) is 0.794. The second-order valence-electron chi connectivity index (χ2n) is 3.36. The van der Waals surface area contributed by atoms with Gasteiger partial charge < -0.3 is 0 Å². The van der Waals surface area contributed by atoms with E-state index in [1.165, 1.54) is 0 Å². The minimum atomic E-state index is -0.466. The number of nitrogens with zero attached hydrogens (tertiary/aromatic N) is 1. The quantitative estimate of drug-likeness (QED) is 0.423. The molecule has 0 spiro atoms. The van der Waals surface area contributed by atoms with Crippen molar-refractivity contribution >= 4 is 36.5 Å². The molecule has 0 saturated carbocycles. The maximum absolute atomic E-state index is 11.3. The van der Waals surface area contributed by atoms with Gasteiger partial charge in [-0.3, -0.25) is 14.5 Å². The lowest BCUT2D eigenvalue weighted by Gasteiger charge is -2.25. The van der Waals surface area contributed by atoms with Crippen LogP contribution in [0.15, 0.2) is 0 Å². The molecule has 1 fully saturated rings. The molecule has 0 aliphatic carbocycles. The van der Waals surface area contributed by atoms with Gasteiger partial charge in [-0.1, -0.05) is 0 Å². The highest BCUT2D eigenvalue weighted by atomic mass is 32.2. The lowest BCUT2D eigenvalue weighted by atomic mass is 10.1. The van der Waals surface area contributed by atoms with Crippen LogP contribution < -0.4 is 0 Å². The largest absolute Gasteiger partial charge is 0.295 e. The van der Waals surface area contributed by atoms with Gasteiger partial charge in [0.25, 0.3) is 0 Å². The molecule has 0 bridgehead atoms. The van der Waals surface area contributed by atoms with Crippen molar-refractivity contribution < 1.29 is 9.59 Å². The van der Waals surface area contributed by atoms with Crippen LogP contribution in [0.4, 0.5) is 0 Å². The number of carbonyl (C=O) groups is 2. The second-order valence-corrected chi connectivity index (χ2v) is 6.36. The molecule has 5 heteroatoms. The Morgan fingerprint density at radius 3 is 2.54 bits per heavy atom. The Hall–Kier alpha value is -0.0000000000000000763. The molecule has 3 nitrogen and oxygen atoms in total. The number of ketones is 1. The van der Waals surface area contributed by atoms with Gasteiger partial charge in [-0.05, 0) is 20.9 Å². The number of Topliss-reactive ketones (excluding diaryl/α,β-unsaturated/α-hetero) is 1. The molecule has 0 aromatic carbocycles. The van der Waals surface area contributed by atoms with E-state index in [1.54, 1.807) is 11.8 Å². The van der Waals surface area contributed by atoms with Crippen molar-refractivity contribution in [3.8, 4) is 0 Å². The number of thioether (sulfide) groups is 1. The Morgan fingerprint density at radius 2 is 2.23 bits per heavy atom. The first-order valence-corrected chi connectivity index (χ1v) is 5.34. The van der Waals surface area contributed by atoms with Gasteiger partial charge in [-0.15, -0.1) is 11.8 Å². The Kier molecular flexibility index (Phi) is 3.09. The van der Waals surface area contributed by atoms with Crippen molar-refractivity contribution in [2.75, 3.05) is 7.05 Å². The maximum Gasteiger partial charge on any atom is 0.214 e. The molecule has 1 aliphatic heterocycles. The SMILES string of the molecule is CC1SC(C)(S)C(C(=O)C=O)N1C. The van der Waals surface area contributed by atoms with Crippen LogP contribution in [0, 0.1) is 0 Å². The van der Waals surface area contributed by atoms with E-state index >= 15 is 0 Å². The lowest BCUT2D eigenvalue weighted by molar-refractivity contribution is -0.133. The van der Waals surface area contributed by atoms with Gasteiger partial charge in [0.1, 0.15) is 6.04 Å². The standard InChI is InChI=1S/C8H13NO2S2/c1-5-9(3)7(6(11)4-10)8(2,12)13-5/h4-5,7,12H,1-3H3. The Morgan fingerprint density at radius 1 is 1.69 bits per heavy atom. The summed E-state index contributed by atoms with van der Waals surface area (Å²) >= 11 is 5.99. The minimum absolute atomic E-state index is 0.219. The molecule has 0 aromatic heterocycles. The van der Waals surface area contributed by atoms with Gasteiger partial charge >= 0.3 is 0 Å². The van der Waals surface area contributed by atoms with Crippen molar-refractivity contribution in [2.45, 2.75) is 29.3 Å². The van der Waals surface area contributed by atoms with Gasteiger partial charge in [-0.2, -0.15) is 12.6 Å². The van der Waals surface area contributed by atoms with Crippen molar-refractivity contribution in [1.29, 1.82) is 0 Å². The van der Waals surface area contributed by atoms with Crippen LogP contribution in [-0.2, 0) is 9.59 Å². The smallest absolute Gasteiger partial charge is 0.214 e. The number of carbonyl (C=O) groups excluding carboxylic acids is 2. The van der Waals surface area contributed by atoms with Crippen molar-refractivity contribution in [2.24, 2.45) is 0 Å². The first kappa shape index (κ1) is 11.1. The zero-order valence-corrected chi connectivity index (χ0v) is 9.56. The fourth-order valence-electron chi connectivity index (χ4n) is 1.61. The normalized spacial score (nSPS) is 40.6. The van der Waals surface area contributed by atoms with Gasteiger partial charge in [0.15, 0.2) is 6.29 Å². The van der Waals surface area contributed by atoms with E-state index in [2.05, 4.69) is 12.6 Å². The third kappa shape index (κ3) is 1.92. The summed E-state index contributed by atoms with van der Waals surface area (Å²) in [7, 11) is 1.84. The summed E-state index contributed by atoms with van der Waals surface area (Å²) < 4.78 is -0.466. The monoisotopic (exact) mass is 219 g/mol. The van der Waals surface area contributed by atoms with Crippen LogP contribution in [0.25, 0.3) is 0 Å². The summed E-state index contributed by atoms with van der Waals surface area (Å²) in [4.78, 5) is 23.6. The van der Waals surface area contributed by atoms with E-state index in [0.29, 0.717) is 6.29 Å². The Bertz CT molecular complexity index is 242. The molecule has 1 saturated heterocycles. The van der Waals surface area contributed by atoms with E-state index in [9.17, 15) is 9.59 Å². The number of hydrogen-bond donors (Lipinski definition) is 1. The average molecular weight is 219 g/mol. The number of rotatable bonds is 2. The van der Waals surface area contributed by atoms with Gasteiger partial charge in [-0.25, -0.2) is 0 Å². The average Bonchev–Trinajstić information content (AvgIpc) is 2.21. The van der Waals surface area contributed by atoms with E-state index in [4.69, 9.17) is 0 Å². The summed E-state index contributed by atoms with van der Waals surface area (Å²) in [5.41, 5.74) is 0. The van der Waals surface area contributed by atoms with Crippen LogP contribution in [-0.4, -0.2) is 39.5 Å². The third-order valence-corrected chi connectivity index (χ3v) is 4.22. The molecule has 1 heterocycles. The summed E-state index contributed by atoms with van der Waals surface area (Å²) in [6.45, 7) is 3.87. The summed E-state index contributed by atoms with van der Waals surface area (Å²) in [6.07, 6.45) is 0.383. The topological polar surface area (TPSA) is 37.4 Å². The number of hydrogen-bond acceptors (Lipinski definition) is 5. The van der Waals surface area contributed by atoms with Gasteiger partial charge in [0, 0.05) is 0 Å². The van der Waals surface area contributed by atoms with Crippen molar-refractivity contribution in [3.05, 3.63) is 0 Å². The lowest BCUT2D eigenvalue weighted by Crippen LogP contribution is -2.45. The highest BCUT2D eigenvalue weighted by molar-refractivity contribution is 8.12. The molecule has 3 atom stereocenters. The summed E-state index contributed by atoms with van der Waals surface area (Å²) in [5.74, 6) is -0.392. The highest BCUT2D eigenvalue weighted by Crippen LogP contribution is 2.46. The molecular formula is C8H13NO2S2. The van der Waals surface area contributed by atoms with Crippen LogP contribution in [0.2, 0.25) is 0 Å². The molecule has 0 N–H and O–H groups in total. The Balaban J connectivity index is 2.93. The molecule has 0 radical (unpaired) electrons. The second kappa shape index (κ2) is 3.63. The zero-order valence-electron chi connectivity index (χ0n) is 7.85. The van der Waals surface area contributed by atoms with E-state index in [1.807, 2.05) is 25.8 Å². The van der Waals surface area contributed by atoms with Gasteiger partial charge in [0.2, 0.25) is 5.78 Å². The van der Waals surface area contributed by atoms with Crippen LogP contribution >= 0.6 is 24.4 Å². The number of likely N-dealkylation sites (N-methyl/N-ethyl adjacent to an activating group) is 1. The predicted molar refractivity (Wildman–Crippen MR) is 57.1 cm³/mol. The van der Waals surface area contributed by atoms with E-state index in [-0.39, 0.29) is 5.37 Å². The fourth-order valence-corrected chi connectivity index (χ4v) is 3.77. The molecular weight excluding hydrogens is 206 g/mol. The highest BCUT2D eigenvalue weighted by Gasteiger charge is 2.48. The first-order valence-electron chi connectivity index (χ1n) is 4.01. The minimum Gasteiger partial charge on any atom is -0.295 e. The van der Waals surface area contributed by atoms with E-state index < -0.39 is 15.9 Å². The van der Waals surface area contributed by atoms with Crippen molar-refractivity contribution in [3.63, 3.8) is 0 Å². The van der Waals surface area contributed by atoms with Gasteiger partial charge in [0.05, 0.1) is 9.45 Å². The molecule has 0 aromatic rings. The maximum atomic E-state index is 11.3. The third-order valence-electron chi connectivity index (χ3n) is 2.28. The first-order chi connectivity index (χ1) is 5.90. The molecule has 1 rings (SSSR count). The fraction of sp³-hybridized carbons (Fsp3) is 0.750. The Labute approximate surface area is 87.6 Å². The zero-order chi connectivity index (χ0) is 10.2. The van der Waals surface area contributed by atoms with E-state index in [0.717, 1.165) is 0 Å². The van der Waals surface area contributed by atoms with Crippen LogP contribution in [0.1, 0.15) is 13.8 Å². The molecule has 74 valence electrons. The molecule has 13 heavy (non-hydrogen) atoms. The summed E-state index contributed by atoms with van der Waals surface area (Å²) in [5, 5.41) is 0.219. The molecule has 1 aliphatic rings. The number of aldehydes is 1. The number of thiol groups is 1. The summed E-state index contributed by atoms with van der Waals surface area (Å²) in [6, 6.07) is -0.409. The molecule has 3 unspecified atom stereocenters. The van der Waals surface area contributed by atoms with Crippen LogP contribution in [0.3, 0.4) is 0 Å². The molecule has 0 amide bonds. The van der Waals surface area contributed by atoms with Crippen LogP contribution in [0.5, 0.6) is 0 Å². The van der Waals surface area contributed by atoms with Crippen molar-refractivity contribution in [1.82, 2.24) is 4.90 Å².